The van der Waals surface area contributed by atoms with Crippen LogP contribution in [0.3, 0.4) is 0 Å². The van der Waals surface area contributed by atoms with Gasteiger partial charge < -0.3 is 5.73 Å². The molecule has 0 radical (unpaired) electrons. The Bertz CT molecular complexity index is 715. The quantitative estimate of drug-likeness (QED) is 0.698. The molecule has 0 fully saturated rings. The van der Waals surface area contributed by atoms with Gasteiger partial charge in [0.2, 0.25) is 5.91 Å². The first-order valence-corrected chi connectivity index (χ1v) is 8.17. The molecule has 1 unspecified atom stereocenters. The third-order valence-corrected chi connectivity index (χ3v) is 4.46. The van der Waals surface area contributed by atoms with Crippen molar-refractivity contribution in [1.29, 1.82) is 0 Å². The van der Waals surface area contributed by atoms with Gasteiger partial charge in [-0.25, -0.2) is 9.97 Å². The molecule has 21 heavy (non-hydrogen) atoms. The van der Waals surface area contributed by atoms with E-state index in [0.717, 1.165) is 34.9 Å². The minimum atomic E-state index is -0.416. The summed E-state index contributed by atoms with van der Waals surface area (Å²) in [4.78, 5) is 20.7. The first-order chi connectivity index (χ1) is 10.1. The summed E-state index contributed by atoms with van der Waals surface area (Å²) in [5.74, 6) is 0.0491. The van der Waals surface area contributed by atoms with Crippen LogP contribution in [0.25, 0.3) is 11.3 Å². The topological polar surface area (TPSA) is 68.9 Å². The highest BCUT2D eigenvalue weighted by Gasteiger charge is 2.25. The van der Waals surface area contributed by atoms with E-state index >= 15 is 0 Å². The Hall–Kier alpha value is -1.88. The molecule has 1 atom stereocenters. The lowest BCUT2D eigenvalue weighted by atomic mass is 10.0. The van der Waals surface area contributed by atoms with E-state index in [2.05, 4.69) is 16.9 Å². The van der Waals surface area contributed by atoms with Crippen molar-refractivity contribution >= 4 is 17.7 Å². The molecule has 2 aromatic rings. The second-order valence-electron chi connectivity index (χ2n) is 5.31. The SMILES string of the molecule is CSc1nc(-c2cccc(C(N)=O)c2)c2c(n1)C(C)CC2. The van der Waals surface area contributed by atoms with Gasteiger partial charge in [-0.2, -0.15) is 0 Å². The number of thioether (sulfide) groups is 1. The maximum atomic E-state index is 11.4. The zero-order valence-corrected chi connectivity index (χ0v) is 12.9. The average molecular weight is 299 g/mol. The van der Waals surface area contributed by atoms with E-state index in [0.29, 0.717) is 11.5 Å². The average Bonchev–Trinajstić information content (AvgIpc) is 2.88. The molecule has 0 aliphatic heterocycles. The van der Waals surface area contributed by atoms with Gasteiger partial charge in [0.05, 0.1) is 11.4 Å². The summed E-state index contributed by atoms with van der Waals surface area (Å²) in [7, 11) is 0. The van der Waals surface area contributed by atoms with Crippen LogP contribution in [0, 0.1) is 0 Å². The summed E-state index contributed by atoms with van der Waals surface area (Å²) in [5, 5.41) is 0.780. The lowest BCUT2D eigenvalue weighted by Crippen LogP contribution is -2.10. The van der Waals surface area contributed by atoms with Crippen LogP contribution in [-0.2, 0) is 6.42 Å². The standard InChI is InChI=1S/C16H17N3OS/c1-9-6-7-12-13(9)18-16(21-2)19-14(12)10-4-3-5-11(8-10)15(17)20/h3-5,8-9H,6-7H2,1-2H3,(H2,17,20). The molecule has 1 amide bonds. The van der Waals surface area contributed by atoms with Crippen LogP contribution in [0.1, 0.15) is 40.9 Å². The lowest BCUT2D eigenvalue weighted by molar-refractivity contribution is 0.100. The maximum absolute atomic E-state index is 11.4. The van der Waals surface area contributed by atoms with E-state index in [9.17, 15) is 4.79 Å². The Kier molecular flexibility index (Phi) is 3.68. The van der Waals surface area contributed by atoms with Crippen LogP contribution in [-0.4, -0.2) is 22.1 Å². The fraction of sp³-hybridized carbons (Fsp3) is 0.312. The summed E-state index contributed by atoms with van der Waals surface area (Å²) < 4.78 is 0. The van der Waals surface area contributed by atoms with E-state index in [4.69, 9.17) is 5.73 Å². The summed E-state index contributed by atoms with van der Waals surface area (Å²) in [6.07, 6.45) is 4.07. The molecule has 1 aromatic carbocycles. The van der Waals surface area contributed by atoms with Crippen molar-refractivity contribution in [2.24, 2.45) is 5.73 Å². The molecule has 3 rings (SSSR count). The molecule has 108 valence electrons. The summed E-state index contributed by atoms with van der Waals surface area (Å²) in [5.41, 5.74) is 10.1. The van der Waals surface area contributed by atoms with Crippen molar-refractivity contribution in [3.05, 3.63) is 41.1 Å². The molecule has 1 aliphatic rings. The van der Waals surface area contributed by atoms with Crippen molar-refractivity contribution < 1.29 is 4.79 Å². The van der Waals surface area contributed by atoms with Crippen molar-refractivity contribution in [2.45, 2.75) is 30.8 Å². The highest BCUT2D eigenvalue weighted by Crippen LogP contribution is 2.37. The number of carbonyl (C=O) groups is 1. The van der Waals surface area contributed by atoms with Crippen LogP contribution in [0.2, 0.25) is 0 Å². The molecule has 1 aliphatic carbocycles. The van der Waals surface area contributed by atoms with Crippen molar-refractivity contribution in [3.63, 3.8) is 0 Å². The Morgan fingerprint density at radius 1 is 1.38 bits per heavy atom. The van der Waals surface area contributed by atoms with E-state index in [1.54, 1.807) is 17.8 Å². The minimum absolute atomic E-state index is 0.416. The molecular weight excluding hydrogens is 282 g/mol. The van der Waals surface area contributed by atoms with Crippen molar-refractivity contribution in [2.75, 3.05) is 6.26 Å². The van der Waals surface area contributed by atoms with Crippen LogP contribution in [0.4, 0.5) is 0 Å². The van der Waals surface area contributed by atoms with Gasteiger partial charge >= 0.3 is 0 Å². The van der Waals surface area contributed by atoms with Crippen molar-refractivity contribution in [1.82, 2.24) is 9.97 Å². The molecule has 0 saturated carbocycles. The monoisotopic (exact) mass is 299 g/mol. The second kappa shape index (κ2) is 5.48. The number of carbonyl (C=O) groups excluding carboxylic acids is 1. The molecular formula is C16H17N3OS. The van der Waals surface area contributed by atoms with Gasteiger partial charge in [0.15, 0.2) is 5.16 Å². The Balaban J connectivity index is 2.18. The normalized spacial score (nSPS) is 16.8. The number of amides is 1. The highest BCUT2D eigenvalue weighted by molar-refractivity contribution is 7.98. The third-order valence-electron chi connectivity index (χ3n) is 3.92. The molecule has 1 heterocycles. The minimum Gasteiger partial charge on any atom is -0.366 e. The molecule has 0 bridgehead atoms. The molecule has 0 spiro atoms. The summed E-state index contributed by atoms with van der Waals surface area (Å²) in [6.45, 7) is 2.20. The van der Waals surface area contributed by atoms with Crippen LogP contribution in [0.5, 0.6) is 0 Å². The Morgan fingerprint density at radius 2 is 2.19 bits per heavy atom. The second-order valence-corrected chi connectivity index (χ2v) is 6.08. The summed E-state index contributed by atoms with van der Waals surface area (Å²) in [6, 6.07) is 7.37. The predicted octanol–water partition coefficient (Wildman–Crippen LogP) is 3.01. The van der Waals surface area contributed by atoms with Gasteiger partial charge in [0.1, 0.15) is 0 Å². The fourth-order valence-electron chi connectivity index (χ4n) is 2.78. The number of hydrogen-bond acceptors (Lipinski definition) is 4. The van der Waals surface area contributed by atoms with Crippen LogP contribution < -0.4 is 5.73 Å². The van der Waals surface area contributed by atoms with E-state index in [1.165, 1.54) is 5.56 Å². The van der Waals surface area contributed by atoms with E-state index < -0.39 is 5.91 Å². The number of fused-ring (bicyclic) bond motifs is 1. The van der Waals surface area contributed by atoms with Crippen LogP contribution in [0.15, 0.2) is 29.4 Å². The summed E-state index contributed by atoms with van der Waals surface area (Å²) >= 11 is 1.54. The molecule has 5 heteroatoms. The zero-order chi connectivity index (χ0) is 15.0. The number of rotatable bonds is 3. The first kappa shape index (κ1) is 14.1. The number of primary amides is 1. The maximum Gasteiger partial charge on any atom is 0.248 e. The molecule has 4 nitrogen and oxygen atoms in total. The number of benzene rings is 1. The van der Waals surface area contributed by atoms with E-state index in [1.807, 2.05) is 24.5 Å². The van der Waals surface area contributed by atoms with Gasteiger partial charge in [-0.15, -0.1) is 0 Å². The van der Waals surface area contributed by atoms with Gasteiger partial charge in [0, 0.05) is 16.7 Å². The number of hydrogen-bond donors (Lipinski definition) is 1. The number of aromatic nitrogens is 2. The number of nitrogens with two attached hydrogens (primary N) is 1. The zero-order valence-electron chi connectivity index (χ0n) is 12.1. The fourth-order valence-corrected chi connectivity index (χ4v) is 3.15. The van der Waals surface area contributed by atoms with Crippen LogP contribution >= 0.6 is 11.8 Å². The Labute approximate surface area is 128 Å². The van der Waals surface area contributed by atoms with Gasteiger partial charge in [-0.1, -0.05) is 30.8 Å². The van der Waals surface area contributed by atoms with Crippen molar-refractivity contribution in [3.8, 4) is 11.3 Å². The third kappa shape index (κ3) is 2.53. The molecule has 1 aromatic heterocycles. The van der Waals surface area contributed by atoms with Gasteiger partial charge in [0.25, 0.3) is 0 Å². The smallest absolute Gasteiger partial charge is 0.248 e. The molecule has 0 saturated heterocycles. The van der Waals surface area contributed by atoms with Gasteiger partial charge in [-0.3, -0.25) is 4.79 Å². The largest absolute Gasteiger partial charge is 0.366 e. The predicted molar refractivity (Wildman–Crippen MR) is 84.5 cm³/mol. The molecule has 2 N–H and O–H groups in total. The highest BCUT2D eigenvalue weighted by atomic mass is 32.2. The van der Waals surface area contributed by atoms with Gasteiger partial charge in [-0.05, 0) is 37.1 Å². The first-order valence-electron chi connectivity index (χ1n) is 6.95. The lowest BCUT2D eigenvalue weighted by Gasteiger charge is -2.11. The number of nitrogens with zero attached hydrogens (tertiary/aromatic N) is 2. The van der Waals surface area contributed by atoms with E-state index in [-0.39, 0.29) is 0 Å². The Morgan fingerprint density at radius 3 is 2.90 bits per heavy atom.